The molecule has 2 aromatic heterocycles. The molecule has 4 aliphatic heterocycles. The number of hydrogen-bond donors (Lipinski definition) is 0. The van der Waals surface area contributed by atoms with E-state index in [-0.39, 0.29) is 44.9 Å². The molecule has 7 aliphatic rings. The third-order valence-corrected chi connectivity index (χ3v) is 23.3. The molecule has 414 valence electrons. The SMILES string of the molecule is CC(C)(C)c1ccc2c(c1)C1(C)CCCCC1(C)N2c1ccc2c(c1)N(c1cccc3c1oc1ccccc13)c1cc(N3c4ccc(C(C)(C)C)cc4C4(C)CCCCC34C)cc3c1B2c1cccc2c4c(n-3c12)C(C)(C)c1ccccc1-4. The van der Waals surface area contributed by atoms with E-state index in [4.69, 9.17) is 4.42 Å². The number of rotatable bonds is 3. The van der Waals surface area contributed by atoms with Gasteiger partial charge >= 0.3 is 0 Å². The summed E-state index contributed by atoms with van der Waals surface area (Å²) in [6, 6.07) is 60.1. The molecule has 17 rings (SSSR count). The number of fused-ring (bicyclic) bond motifs is 18. The van der Waals surface area contributed by atoms with Gasteiger partial charge in [-0.2, -0.15) is 0 Å². The van der Waals surface area contributed by atoms with Gasteiger partial charge in [0.15, 0.2) is 5.58 Å². The fourth-order valence-electron chi connectivity index (χ4n) is 18.6. The lowest BCUT2D eigenvalue weighted by Gasteiger charge is -2.51. The first-order chi connectivity index (χ1) is 39.7. The minimum atomic E-state index is -0.264. The van der Waals surface area contributed by atoms with Crippen LogP contribution in [0.2, 0.25) is 0 Å². The molecule has 4 unspecified atom stereocenters. The Hall–Kier alpha value is -7.44. The molecular formula is C77H77BN4O. The molecule has 6 heterocycles. The summed E-state index contributed by atoms with van der Waals surface area (Å²) < 4.78 is 10.0. The second-order valence-corrected chi connectivity index (χ2v) is 29.9. The zero-order chi connectivity index (χ0) is 56.9. The van der Waals surface area contributed by atoms with Crippen LogP contribution in [0.25, 0.3) is 49.7 Å². The summed E-state index contributed by atoms with van der Waals surface area (Å²) in [5.74, 6) is 0. The monoisotopic (exact) mass is 1080 g/mol. The standard InChI is InChI=1S/C77H77BN4O/c1-71(2,3)46-31-35-59-55(41-46)74(9)37-17-19-39-76(74,11)81(59)48-33-34-57-62(43-48)79(61-29-22-25-51-50-23-14-16-30-65(50)83-69(51)61)63-44-49(82-60-36-32-47(72(4,5)6)42-56(60)75(10)38-18-20-40-77(75,82)12)45-64-67(63)78(57)58-28-21-26-53-66-52-24-13-15-27-54(52)73(7,8)70(66)80(64)68(53)58/h13-16,21-36,41-45H,17-20,37-40H2,1-12H3. The first-order valence-electron chi connectivity index (χ1n) is 31.4. The van der Waals surface area contributed by atoms with Crippen LogP contribution in [0.15, 0.2) is 156 Å². The van der Waals surface area contributed by atoms with E-state index in [1.165, 1.54) is 144 Å². The second kappa shape index (κ2) is 16.0. The summed E-state index contributed by atoms with van der Waals surface area (Å²) in [6.07, 6.45) is 9.51. The van der Waals surface area contributed by atoms with Crippen molar-refractivity contribution in [3.63, 3.8) is 0 Å². The molecule has 0 amide bonds. The van der Waals surface area contributed by atoms with Gasteiger partial charge in [0.1, 0.15) is 5.58 Å². The molecule has 2 saturated carbocycles. The van der Waals surface area contributed by atoms with Crippen molar-refractivity contribution in [3.8, 4) is 16.8 Å². The van der Waals surface area contributed by atoms with E-state index in [0.29, 0.717) is 0 Å². The van der Waals surface area contributed by atoms with Crippen LogP contribution in [0.5, 0.6) is 0 Å². The second-order valence-electron chi connectivity index (χ2n) is 29.9. The van der Waals surface area contributed by atoms with Gasteiger partial charge in [-0.1, -0.05) is 198 Å². The number of furan rings is 1. The van der Waals surface area contributed by atoms with Gasteiger partial charge in [0.25, 0.3) is 6.71 Å². The number of aromatic nitrogens is 1. The topological polar surface area (TPSA) is 27.8 Å². The Kier molecular flexibility index (Phi) is 9.69. The number of hydrogen-bond acceptors (Lipinski definition) is 4. The maximum atomic E-state index is 7.24. The lowest BCUT2D eigenvalue weighted by atomic mass is 9.33. The molecule has 0 saturated heterocycles. The van der Waals surface area contributed by atoms with Crippen LogP contribution in [-0.4, -0.2) is 22.4 Å². The summed E-state index contributed by atoms with van der Waals surface area (Å²) in [4.78, 5) is 8.34. The number of benzene rings is 8. The maximum absolute atomic E-state index is 7.24. The smallest absolute Gasteiger partial charge is 0.252 e. The van der Waals surface area contributed by atoms with E-state index in [2.05, 4.69) is 254 Å². The van der Waals surface area contributed by atoms with E-state index in [0.717, 1.165) is 46.9 Å². The molecule has 0 radical (unpaired) electrons. The molecule has 3 aliphatic carbocycles. The predicted octanol–water partition coefficient (Wildman–Crippen LogP) is 18.5. The van der Waals surface area contributed by atoms with E-state index in [1.54, 1.807) is 0 Å². The van der Waals surface area contributed by atoms with Crippen molar-refractivity contribution in [1.82, 2.24) is 4.57 Å². The van der Waals surface area contributed by atoms with Crippen molar-refractivity contribution in [2.45, 2.75) is 173 Å². The van der Waals surface area contributed by atoms with Crippen molar-refractivity contribution in [1.29, 1.82) is 0 Å². The average molecular weight is 1090 g/mol. The summed E-state index contributed by atoms with van der Waals surface area (Å²) >= 11 is 0. The Morgan fingerprint density at radius 1 is 0.458 bits per heavy atom. The van der Waals surface area contributed by atoms with E-state index in [1.807, 2.05) is 0 Å². The van der Waals surface area contributed by atoms with E-state index >= 15 is 0 Å². The Balaban J connectivity index is 1.01. The fourth-order valence-corrected chi connectivity index (χ4v) is 18.6. The molecule has 6 heteroatoms. The van der Waals surface area contributed by atoms with Gasteiger partial charge < -0.3 is 23.7 Å². The first kappa shape index (κ1) is 50.1. The zero-order valence-corrected chi connectivity index (χ0v) is 50.9. The highest BCUT2D eigenvalue weighted by Crippen LogP contribution is 2.65. The molecule has 5 nitrogen and oxygen atoms in total. The Morgan fingerprint density at radius 3 is 1.72 bits per heavy atom. The summed E-state index contributed by atoms with van der Waals surface area (Å²) in [7, 11) is 0. The van der Waals surface area contributed by atoms with Crippen LogP contribution in [0, 0.1) is 0 Å². The Labute approximate surface area is 491 Å². The van der Waals surface area contributed by atoms with Gasteiger partial charge in [-0.05, 0) is 149 Å². The number of nitrogens with zero attached hydrogens (tertiary/aromatic N) is 4. The molecule has 83 heavy (non-hydrogen) atoms. The van der Waals surface area contributed by atoms with Crippen LogP contribution in [0.1, 0.15) is 168 Å². The van der Waals surface area contributed by atoms with Gasteiger partial charge in [0, 0.05) is 89.0 Å². The normalized spacial score (nSPS) is 24.2. The Bertz CT molecular complexity index is 4520. The maximum Gasteiger partial charge on any atom is 0.252 e. The van der Waals surface area contributed by atoms with Crippen molar-refractivity contribution in [2.75, 3.05) is 14.7 Å². The van der Waals surface area contributed by atoms with Crippen molar-refractivity contribution < 1.29 is 4.42 Å². The minimum absolute atomic E-state index is 0.0195. The van der Waals surface area contributed by atoms with Crippen molar-refractivity contribution >= 4 is 95.8 Å². The van der Waals surface area contributed by atoms with Crippen LogP contribution in [-0.2, 0) is 27.1 Å². The molecule has 0 spiro atoms. The Morgan fingerprint density at radius 2 is 1.04 bits per heavy atom. The summed E-state index contributed by atoms with van der Waals surface area (Å²) in [5, 5.41) is 3.63. The molecule has 4 atom stereocenters. The molecular weight excluding hydrogens is 1010 g/mol. The zero-order valence-electron chi connectivity index (χ0n) is 50.9. The molecule has 8 aromatic carbocycles. The lowest BCUT2D eigenvalue weighted by Crippen LogP contribution is -2.61. The van der Waals surface area contributed by atoms with E-state index in [9.17, 15) is 0 Å². The van der Waals surface area contributed by atoms with Gasteiger partial charge in [-0.15, -0.1) is 0 Å². The molecule has 0 N–H and O–H groups in total. The van der Waals surface area contributed by atoms with Crippen LogP contribution < -0.4 is 31.1 Å². The van der Waals surface area contributed by atoms with Crippen LogP contribution in [0.3, 0.4) is 0 Å². The average Bonchev–Trinajstić information content (AvgIpc) is 1.82. The molecule has 10 aromatic rings. The molecule has 0 bridgehead atoms. The van der Waals surface area contributed by atoms with Crippen LogP contribution in [0.4, 0.5) is 39.8 Å². The van der Waals surface area contributed by atoms with E-state index < -0.39 is 0 Å². The third-order valence-electron chi connectivity index (χ3n) is 23.3. The fraction of sp³-hybridized carbons (Fsp3) is 0.351. The van der Waals surface area contributed by atoms with Crippen molar-refractivity contribution in [2.24, 2.45) is 0 Å². The predicted molar refractivity (Wildman–Crippen MR) is 350 cm³/mol. The van der Waals surface area contributed by atoms with Crippen LogP contribution >= 0.6 is 0 Å². The third kappa shape index (κ3) is 6.11. The quantitative estimate of drug-likeness (QED) is 0.165. The highest BCUT2D eigenvalue weighted by Gasteiger charge is 2.60. The highest BCUT2D eigenvalue weighted by atomic mass is 16.3. The number of para-hydroxylation sites is 3. The largest absolute Gasteiger partial charge is 0.454 e. The van der Waals surface area contributed by atoms with Gasteiger partial charge in [-0.3, -0.25) is 0 Å². The van der Waals surface area contributed by atoms with Gasteiger partial charge in [0.05, 0.1) is 16.8 Å². The molecule has 2 fully saturated rings. The van der Waals surface area contributed by atoms with Crippen molar-refractivity contribution in [3.05, 3.63) is 185 Å². The van der Waals surface area contributed by atoms with Gasteiger partial charge in [-0.25, -0.2) is 0 Å². The number of anilines is 7. The first-order valence-corrected chi connectivity index (χ1v) is 31.4. The highest BCUT2D eigenvalue weighted by molar-refractivity contribution is 7.00. The minimum Gasteiger partial charge on any atom is -0.454 e. The summed E-state index contributed by atoms with van der Waals surface area (Å²) in [5.41, 5.74) is 28.1. The van der Waals surface area contributed by atoms with Gasteiger partial charge in [0.2, 0.25) is 0 Å². The summed E-state index contributed by atoms with van der Waals surface area (Å²) in [6.45, 7) is 29.6. The lowest BCUT2D eigenvalue weighted by molar-refractivity contribution is 0.195.